The number of nitrogens with zero attached hydrogens (tertiary/aromatic N) is 3. The molecule has 232 valence electrons. The lowest BCUT2D eigenvalue weighted by Gasteiger charge is -2.49. The van der Waals surface area contributed by atoms with E-state index in [2.05, 4.69) is 32.8 Å². The van der Waals surface area contributed by atoms with Gasteiger partial charge in [-0.1, -0.05) is 60.4 Å². The van der Waals surface area contributed by atoms with Crippen molar-refractivity contribution in [3.05, 3.63) is 47.8 Å². The number of nitrogens with one attached hydrogen (secondary N) is 4. The van der Waals surface area contributed by atoms with Crippen LogP contribution in [0.4, 0.5) is 4.79 Å². The van der Waals surface area contributed by atoms with Crippen LogP contribution in [-0.2, 0) is 20.7 Å². The normalized spacial score (nSPS) is 27.6. The Hall–Kier alpha value is -3.30. The van der Waals surface area contributed by atoms with E-state index in [1.165, 1.54) is 4.90 Å². The number of imide groups is 1. The highest BCUT2D eigenvalue weighted by atomic mass is 35.6. The monoisotopic (exact) mass is 657 g/mol. The number of halogens is 3. The minimum absolute atomic E-state index is 0.0291. The molecule has 0 aliphatic carbocycles. The van der Waals surface area contributed by atoms with Crippen LogP contribution in [0.5, 0.6) is 0 Å². The smallest absolute Gasteiger partial charge is 0.414 e. The van der Waals surface area contributed by atoms with Crippen LogP contribution in [0.25, 0.3) is 0 Å². The van der Waals surface area contributed by atoms with Crippen LogP contribution >= 0.6 is 34.8 Å². The minimum Gasteiger partial charge on any atom is -0.445 e. The van der Waals surface area contributed by atoms with E-state index in [-0.39, 0.29) is 37.7 Å². The molecule has 4 heterocycles. The third-order valence-corrected chi connectivity index (χ3v) is 8.22. The zero-order valence-corrected chi connectivity index (χ0v) is 25.2. The van der Waals surface area contributed by atoms with Crippen molar-refractivity contribution < 1.29 is 34.1 Å². The molecule has 4 aliphatic rings. The maximum Gasteiger partial charge on any atom is 0.414 e. The number of benzene rings is 1. The van der Waals surface area contributed by atoms with Gasteiger partial charge in [0.2, 0.25) is 27.4 Å². The molecule has 43 heavy (non-hydrogen) atoms. The number of aliphatic imine (C=N–C) groups is 1. The van der Waals surface area contributed by atoms with Crippen molar-refractivity contribution in [1.29, 1.82) is 0 Å². The van der Waals surface area contributed by atoms with Crippen molar-refractivity contribution in [3.8, 4) is 0 Å². The summed E-state index contributed by atoms with van der Waals surface area (Å²) in [7, 11) is 0. The highest BCUT2D eigenvalue weighted by Gasteiger charge is 2.74. The number of aliphatic hydroxyl groups is 2. The molecule has 0 radical (unpaired) electrons. The van der Waals surface area contributed by atoms with E-state index in [4.69, 9.17) is 39.5 Å². The van der Waals surface area contributed by atoms with E-state index in [9.17, 15) is 29.4 Å². The lowest BCUT2D eigenvalue weighted by Crippen LogP contribution is -2.78. The van der Waals surface area contributed by atoms with Gasteiger partial charge in [-0.15, -0.1) is 0 Å². The maximum atomic E-state index is 13.3. The number of alkyl carbamates (subject to hydrolysis) is 1. The molecule has 0 bridgehead atoms. The number of hydrogen-bond acceptors (Lipinski definition) is 11. The Balaban J connectivity index is 1.51. The van der Waals surface area contributed by atoms with Crippen LogP contribution in [0.1, 0.15) is 35.7 Å². The second-order valence-corrected chi connectivity index (χ2v) is 13.2. The Bertz CT molecular complexity index is 1390. The lowest BCUT2D eigenvalue weighted by atomic mass is 9.85. The van der Waals surface area contributed by atoms with Gasteiger partial charge in [-0.2, -0.15) is 0 Å². The van der Waals surface area contributed by atoms with Gasteiger partial charge >= 0.3 is 6.09 Å². The van der Waals surface area contributed by atoms with Crippen molar-refractivity contribution in [2.75, 3.05) is 19.7 Å². The molecule has 3 fully saturated rings. The Morgan fingerprint density at radius 1 is 1.23 bits per heavy atom. The predicted molar refractivity (Wildman–Crippen MR) is 155 cm³/mol. The van der Waals surface area contributed by atoms with Crippen molar-refractivity contribution in [2.45, 2.75) is 59.6 Å². The summed E-state index contributed by atoms with van der Waals surface area (Å²) >= 11 is 17.1. The number of hydrogen-bond donors (Lipinski definition) is 6. The van der Waals surface area contributed by atoms with Gasteiger partial charge in [-0.3, -0.25) is 24.6 Å². The molecule has 4 amide bonds. The molecule has 0 aromatic heterocycles. The number of carbonyl (C=O) groups excluding carboxylic acids is 4. The zero-order valence-electron chi connectivity index (χ0n) is 22.9. The molecule has 1 aromatic carbocycles. The predicted octanol–water partition coefficient (Wildman–Crippen LogP) is 0.0564. The van der Waals surface area contributed by atoms with Gasteiger partial charge in [-0.25, -0.2) is 9.79 Å². The van der Waals surface area contributed by atoms with E-state index in [1.807, 2.05) is 13.0 Å². The Morgan fingerprint density at radius 2 is 1.93 bits per heavy atom. The third-order valence-electron chi connectivity index (χ3n) is 7.90. The summed E-state index contributed by atoms with van der Waals surface area (Å²) in [6, 6.07) is 3.51. The van der Waals surface area contributed by atoms with Crippen molar-refractivity contribution in [1.82, 2.24) is 31.1 Å². The van der Waals surface area contributed by atoms with E-state index < -0.39 is 63.8 Å². The van der Waals surface area contributed by atoms with Gasteiger partial charge in [0.15, 0.2) is 5.66 Å². The standard InChI is InChI=1S/C26H30Cl3N7O7/c1-3-14-5-4-6-15(9-14)21(39)32-17-11-36-22(33-23(40)43-12-24(27,28)29)31-16(10-35-18(37)7-8-19(35)38)20-25(36,26(17,41)42)34-13(2)30-20/h4-6,9,16-17,20,30,34,41-42H,2-3,7-8,10-12H2,1H3,(H,32,39)(H,31,33,40)/t16-,17-,20-,25-/m0/s1. The molecule has 6 N–H and O–H groups in total. The summed E-state index contributed by atoms with van der Waals surface area (Å²) in [6.45, 7) is 4.70. The van der Waals surface area contributed by atoms with Crippen LogP contribution in [0, 0.1) is 0 Å². The number of likely N-dealkylation sites (tertiary alicyclic amines) is 1. The molecule has 14 nitrogen and oxygen atoms in total. The van der Waals surface area contributed by atoms with Gasteiger partial charge < -0.3 is 35.8 Å². The topological polar surface area (TPSA) is 185 Å². The third kappa shape index (κ3) is 5.69. The fourth-order valence-corrected chi connectivity index (χ4v) is 6.06. The highest BCUT2D eigenvalue weighted by Crippen LogP contribution is 2.45. The van der Waals surface area contributed by atoms with Crippen LogP contribution in [0.2, 0.25) is 0 Å². The second kappa shape index (κ2) is 11.3. The Kier molecular flexibility index (Phi) is 8.20. The molecule has 4 atom stereocenters. The largest absolute Gasteiger partial charge is 0.445 e. The van der Waals surface area contributed by atoms with Crippen LogP contribution in [-0.4, -0.2) is 103 Å². The first kappa shape index (κ1) is 31.1. The molecule has 3 saturated heterocycles. The molecule has 1 spiro atoms. The average molecular weight is 659 g/mol. The summed E-state index contributed by atoms with van der Waals surface area (Å²) in [5.41, 5.74) is -0.681. The number of guanidine groups is 1. The summed E-state index contributed by atoms with van der Waals surface area (Å²) in [5.74, 6) is -4.17. The fraction of sp³-hybridized carbons (Fsp3) is 0.500. The SMILES string of the molecule is C=C1N[C@H]2[C@H](CN3C(=O)CCC3=O)N=C(NC(=O)OCC(Cl)(Cl)Cl)N3C[C@H](NC(=O)c4cccc(CC)c4)C(O)(O)[C@]23N1. The molecule has 1 aromatic rings. The molecule has 0 saturated carbocycles. The number of aryl methyl sites for hydroxylation is 1. The zero-order chi connectivity index (χ0) is 31.3. The van der Waals surface area contributed by atoms with Gasteiger partial charge in [-0.05, 0) is 24.1 Å². The first-order chi connectivity index (χ1) is 20.2. The van der Waals surface area contributed by atoms with E-state index in [0.29, 0.717) is 12.0 Å². The van der Waals surface area contributed by atoms with Gasteiger partial charge in [0.25, 0.3) is 5.91 Å². The van der Waals surface area contributed by atoms with E-state index >= 15 is 0 Å². The Labute approximate surface area is 261 Å². The number of ether oxygens (including phenoxy) is 1. The van der Waals surface area contributed by atoms with Crippen LogP contribution in [0.3, 0.4) is 0 Å². The van der Waals surface area contributed by atoms with E-state index in [0.717, 1.165) is 10.5 Å². The number of alkyl halides is 3. The van der Waals surface area contributed by atoms with Crippen molar-refractivity contribution >= 4 is 64.6 Å². The maximum absolute atomic E-state index is 13.3. The number of carbonyl (C=O) groups is 4. The van der Waals surface area contributed by atoms with Gasteiger partial charge in [0.05, 0.1) is 24.4 Å². The molecular formula is C26H30Cl3N7O7. The first-order valence-electron chi connectivity index (χ1n) is 13.4. The van der Waals surface area contributed by atoms with Gasteiger partial charge in [0, 0.05) is 24.9 Å². The average Bonchev–Trinajstić information content (AvgIpc) is 3.54. The van der Waals surface area contributed by atoms with E-state index in [1.54, 1.807) is 18.2 Å². The highest BCUT2D eigenvalue weighted by molar-refractivity contribution is 6.67. The molecule has 4 aliphatic heterocycles. The summed E-state index contributed by atoms with van der Waals surface area (Å²) in [5, 5.41) is 34.8. The van der Waals surface area contributed by atoms with Crippen molar-refractivity contribution in [2.24, 2.45) is 4.99 Å². The van der Waals surface area contributed by atoms with Crippen LogP contribution < -0.4 is 21.3 Å². The van der Waals surface area contributed by atoms with Crippen LogP contribution in [0.15, 0.2) is 41.7 Å². The second-order valence-electron chi connectivity index (χ2n) is 10.6. The molecule has 0 unspecified atom stereocenters. The summed E-state index contributed by atoms with van der Waals surface area (Å²) < 4.78 is 3.09. The van der Waals surface area contributed by atoms with Crippen molar-refractivity contribution in [3.63, 3.8) is 0 Å². The lowest BCUT2D eigenvalue weighted by molar-refractivity contribution is -0.231. The number of amides is 4. The summed E-state index contributed by atoms with van der Waals surface area (Å²) in [6.07, 6.45) is -0.336. The number of rotatable bonds is 6. The van der Waals surface area contributed by atoms with Gasteiger partial charge in [0.1, 0.15) is 12.6 Å². The first-order valence-corrected chi connectivity index (χ1v) is 14.6. The molecular weight excluding hydrogens is 629 g/mol. The molecule has 17 heteroatoms. The Morgan fingerprint density at radius 3 is 2.58 bits per heavy atom. The summed E-state index contributed by atoms with van der Waals surface area (Å²) in [4.78, 5) is 57.9. The fourth-order valence-electron chi connectivity index (χ4n) is 5.89. The quantitative estimate of drug-likeness (QED) is 0.139. The minimum atomic E-state index is -2.73. The molecule has 5 rings (SSSR count).